The van der Waals surface area contributed by atoms with Crippen molar-refractivity contribution in [2.24, 2.45) is 0 Å². The molecule has 0 radical (unpaired) electrons. The van der Waals surface area contributed by atoms with Crippen LogP contribution in [0.25, 0.3) is 56.5 Å². The van der Waals surface area contributed by atoms with Crippen molar-refractivity contribution in [3.63, 3.8) is 0 Å². The van der Waals surface area contributed by atoms with Crippen molar-refractivity contribution in [2.45, 2.75) is 0 Å². The van der Waals surface area contributed by atoms with Crippen LogP contribution in [0, 0.1) is 0 Å². The van der Waals surface area contributed by atoms with Crippen molar-refractivity contribution < 1.29 is 4.79 Å². The van der Waals surface area contributed by atoms with E-state index in [9.17, 15) is 0 Å². The summed E-state index contributed by atoms with van der Waals surface area (Å²) < 4.78 is 3.93. The van der Waals surface area contributed by atoms with Crippen LogP contribution in [0.5, 0.6) is 0 Å². The molecule has 0 aliphatic rings. The lowest BCUT2D eigenvalue weighted by Crippen LogP contribution is -2.13. The zero-order valence-electron chi connectivity index (χ0n) is 27.4. The maximum Gasteiger partial charge on any atom is 0.198 e. The second-order valence-electron chi connectivity index (χ2n) is 12.1. The minimum Gasteiger partial charge on any atom is -0.354 e. The molecule has 5 heteroatoms. The number of benzene rings is 4. The molecule has 2 N–H and O–H groups in total. The zero-order chi connectivity index (χ0) is 34.0. The van der Waals surface area contributed by atoms with Gasteiger partial charge in [-0.15, -0.1) is 0 Å². The Morgan fingerprint density at radius 3 is 1.30 bits per heavy atom. The summed E-state index contributed by atoms with van der Waals surface area (Å²) >= 11 is 0. The van der Waals surface area contributed by atoms with Gasteiger partial charge < -0.3 is 19.1 Å². The second-order valence-corrected chi connectivity index (χ2v) is 12.1. The molecule has 0 saturated carbocycles. The van der Waals surface area contributed by atoms with Crippen molar-refractivity contribution in [3.8, 4) is 0 Å². The van der Waals surface area contributed by atoms with Crippen molar-refractivity contribution in [1.82, 2.24) is 19.1 Å². The average molecular weight is 647 g/mol. The molecule has 5 nitrogen and oxygen atoms in total. The third-order valence-corrected chi connectivity index (χ3v) is 9.14. The monoisotopic (exact) mass is 646 g/mol. The van der Waals surface area contributed by atoms with Crippen LogP contribution in [0.3, 0.4) is 0 Å². The smallest absolute Gasteiger partial charge is 0.198 e. The normalized spacial score (nSPS) is 12.5. The van der Waals surface area contributed by atoms with Gasteiger partial charge in [-0.3, -0.25) is 4.79 Å². The average Bonchev–Trinajstić information content (AvgIpc) is 3.99. The Hall–Kier alpha value is -6.85. The predicted octanol–water partition coefficient (Wildman–Crippen LogP) is 10.6. The van der Waals surface area contributed by atoms with Crippen molar-refractivity contribution in [1.29, 1.82) is 0 Å². The van der Waals surface area contributed by atoms with Gasteiger partial charge in [0.05, 0.1) is 33.9 Å². The fourth-order valence-corrected chi connectivity index (χ4v) is 6.86. The van der Waals surface area contributed by atoms with Crippen LogP contribution < -0.4 is 0 Å². The molecule has 0 atom stereocenters. The summed E-state index contributed by atoms with van der Waals surface area (Å²) in [4.78, 5) is 23.4. The standard InChI is InChI=1S/C45H34N4O/c1-3-48-27-15-25-39(48)41(31-17-7-5-8-18-31)43(37-29-33-21-11-13-23-35(33)46-37)45(50)44(38-30-34-22-12-14-24-36(34)47-38)42(32-19-9-6-10-20-32)40-26-16-28-49(40)4-2/h3-30,46-47H,1-2H2. The fourth-order valence-electron chi connectivity index (χ4n) is 6.86. The highest BCUT2D eigenvalue weighted by Gasteiger charge is 2.31. The van der Waals surface area contributed by atoms with E-state index in [0.717, 1.165) is 55.5 Å². The van der Waals surface area contributed by atoms with Gasteiger partial charge >= 0.3 is 0 Å². The number of Topliss-reactive ketones (excluding diaryl/α,β-unsaturated/α-hetero) is 1. The van der Waals surface area contributed by atoms with Gasteiger partial charge in [-0.25, -0.2) is 0 Å². The minimum absolute atomic E-state index is 0.144. The first-order valence-electron chi connectivity index (χ1n) is 16.5. The summed E-state index contributed by atoms with van der Waals surface area (Å²) in [5, 5.41) is 2.03. The number of allylic oxidation sites excluding steroid dienone is 2. The fraction of sp³-hybridized carbons (Fsp3) is 0. The van der Waals surface area contributed by atoms with E-state index in [4.69, 9.17) is 0 Å². The van der Waals surface area contributed by atoms with Crippen LogP contribution in [0.2, 0.25) is 0 Å². The van der Waals surface area contributed by atoms with Crippen LogP contribution in [0.15, 0.2) is 171 Å². The summed E-state index contributed by atoms with van der Waals surface area (Å²) in [5.74, 6) is -0.144. The summed E-state index contributed by atoms with van der Waals surface area (Å²) in [7, 11) is 0. The third kappa shape index (κ3) is 5.37. The number of hydrogen-bond donors (Lipinski definition) is 2. The highest BCUT2D eigenvalue weighted by atomic mass is 16.1. The summed E-state index contributed by atoms with van der Waals surface area (Å²) in [5.41, 5.74) is 9.46. The second kappa shape index (κ2) is 13.0. The Balaban J connectivity index is 1.56. The molecule has 0 aliphatic carbocycles. The molecule has 50 heavy (non-hydrogen) atoms. The molecule has 0 bridgehead atoms. The number of aromatic nitrogens is 4. The predicted molar refractivity (Wildman–Crippen MR) is 208 cm³/mol. The van der Waals surface area contributed by atoms with Gasteiger partial charge in [0.25, 0.3) is 0 Å². The van der Waals surface area contributed by atoms with Crippen LogP contribution in [-0.4, -0.2) is 24.9 Å². The Kier molecular flexibility index (Phi) is 7.91. The quantitative estimate of drug-likeness (QED) is 0.143. The largest absolute Gasteiger partial charge is 0.354 e. The Bertz CT molecular complexity index is 2340. The van der Waals surface area contributed by atoms with Gasteiger partial charge in [-0.05, 0) is 59.7 Å². The molecule has 0 unspecified atom stereocenters. The molecule has 4 aromatic carbocycles. The molecule has 0 spiro atoms. The number of nitrogens with zero attached hydrogens (tertiary/aromatic N) is 2. The number of nitrogens with one attached hydrogen (secondary N) is 2. The number of hydrogen-bond acceptors (Lipinski definition) is 1. The van der Waals surface area contributed by atoms with E-state index in [1.165, 1.54) is 0 Å². The zero-order valence-corrected chi connectivity index (χ0v) is 27.4. The number of aromatic amines is 2. The first-order chi connectivity index (χ1) is 24.6. The van der Waals surface area contributed by atoms with Gasteiger partial charge in [0.1, 0.15) is 0 Å². The Morgan fingerprint density at radius 1 is 0.500 bits per heavy atom. The lowest BCUT2D eigenvalue weighted by Gasteiger charge is -2.20. The maximum atomic E-state index is 16.2. The molecule has 8 rings (SSSR count). The number of carbonyl (C=O) groups excluding carboxylic acids is 1. The number of ketones is 1. The molecule has 0 saturated heterocycles. The molecule has 0 amide bonds. The Labute approximate surface area is 290 Å². The SMILES string of the molecule is C=Cn1cccc1C(=C(C(=O)C(=C(c1ccccc1)c1cccn1C=C)c1cc2ccccc2[nH]1)c1cc2ccccc2[nH]1)c1ccccc1. The molecule has 0 aliphatic heterocycles. The van der Waals surface area contributed by atoms with E-state index < -0.39 is 0 Å². The van der Waals surface area contributed by atoms with Crippen LogP contribution in [0.1, 0.15) is 33.9 Å². The lowest BCUT2D eigenvalue weighted by atomic mass is 9.85. The molecule has 240 valence electrons. The highest BCUT2D eigenvalue weighted by Crippen LogP contribution is 2.42. The van der Waals surface area contributed by atoms with Crippen molar-refractivity contribution in [2.75, 3.05) is 0 Å². The molecule has 4 aromatic heterocycles. The van der Waals surface area contributed by atoms with Crippen LogP contribution in [-0.2, 0) is 4.79 Å². The lowest BCUT2D eigenvalue weighted by molar-refractivity contribution is -0.108. The Morgan fingerprint density at radius 2 is 0.900 bits per heavy atom. The molecular formula is C45H34N4O. The first-order valence-corrected chi connectivity index (χ1v) is 16.5. The first kappa shape index (κ1) is 30.5. The number of H-pyrrole nitrogens is 2. The summed E-state index contributed by atoms with van der Waals surface area (Å²) in [6, 6.07) is 48.6. The molecule has 4 heterocycles. The highest BCUT2D eigenvalue weighted by molar-refractivity contribution is 6.49. The molecule has 0 fully saturated rings. The van der Waals surface area contributed by atoms with Crippen molar-refractivity contribution >= 4 is 62.3 Å². The van der Waals surface area contributed by atoms with Gasteiger partial charge in [-0.2, -0.15) is 0 Å². The minimum atomic E-state index is -0.144. The van der Waals surface area contributed by atoms with Crippen LogP contribution in [0.4, 0.5) is 0 Å². The van der Waals surface area contributed by atoms with E-state index in [1.54, 1.807) is 12.4 Å². The topological polar surface area (TPSA) is 58.5 Å². The number of fused-ring (bicyclic) bond motifs is 2. The van der Waals surface area contributed by atoms with Gasteiger partial charge in [0.15, 0.2) is 5.78 Å². The summed E-state index contributed by atoms with van der Waals surface area (Å²) in [6.45, 7) is 8.20. The van der Waals surface area contributed by atoms with Crippen molar-refractivity contribution in [3.05, 3.63) is 205 Å². The van der Waals surface area contributed by atoms with E-state index in [-0.39, 0.29) is 5.78 Å². The van der Waals surface area contributed by atoms with E-state index in [2.05, 4.69) is 71.7 Å². The number of carbonyl (C=O) groups is 1. The van der Waals surface area contributed by atoms with E-state index in [0.29, 0.717) is 22.5 Å². The molecular weight excluding hydrogens is 613 g/mol. The van der Waals surface area contributed by atoms with Gasteiger partial charge in [0, 0.05) is 57.7 Å². The number of para-hydroxylation sites is 2. The third-order valence-electron chi connectivity index (χ3n) is 9.14. The van der Waals surface area contributed by atoms with Gasteiger partial charge in [-0.1, -0.05) is 110 Å². The summed E-state index contributed by atoms with van der Waals surface area (Å²) in [6.07, 6.45) is 7.46. The maximum absolute atomic E-state index is 16.2. The van der Waals surface area contributed by atoms with Crippen LogP contribution >= 0.6 is 0 Å². The molecule has 8 aromatic rings. The van der Waals surface area contributed by atoms with E-state index >= 15 is 4.79 Å². The number of rotatable bonds is 10. The van der Waals surface area contributed by atoms with E-state index in [1.807, 2.05) is 119 Å². The van der Waals surface area contributed by atoms with Gasteiger partial charge in [0.2, 0.25) is 0 Å².